The first-order valence-corrected chi connectivity index (χ1v) is 8.65. The van der Waals surface area contributed by atoms with E-state index in [1.165, 1.54) is 30.3 Å². The van der Waals surface area contributed by atoms with Gasteiger partial charge < -0.3 is 0 Å². The summed E-state index contributed by atoms with van der Waals surface area (Å²) in [5, 5.41) is 53.6. The van der Waals surface area contributed by atoms with Gasteiger partial charge in [0, 0.05) is 5.22 Å². The summed E-state index contributed by atoms with van der Waals surface area (Å²) in [6.45, 7) is 0. The van der Waals surface area contributed by atoms with Crippen LogP contribution in [0.25, 0.3) is 11.1 Å². The molecule has 0 saturated carbocycles. The van der Waals surface area contributed by atoms with Crippen LogP contribution in [0.4, 0.5) is 30.7 Å². The lowest BCUT2D eigenvalue weighted by Crippen LogP contribution is -2.26. The molecule has 170 valence electrons. The summed E-state index contributed by atoms with van der Waals surface area (Å²) in [5.74, 6) is -1.51. The molecule has 0 N–H and O–H groups in total. The first-order chi connectivity index (χ1) is 16.3. The summed E-state index contributed by atoms with van der Waals surface area (Å²) in [4.78, 5) is 0. The maximum absolute atomic E-state index is 14.8. The zero-order valence-electron chi connectivity index (χ0n) is 16.6. The predicted molar refractivity (Wildman–Crippen MR) is 99.0 cm³/mol. The van der Waals surface area contributed by atoms with Crippen molar-refractivity contribution in [2.75, 3.05) is 0 Å². The lowest BCUT2D eigenvalue weighted by atomic mass is 9.91. The molecule has 35 heavy (non-hydrogen) atoms. The van der Waals surface area contributed by atoms with Crippen molar-refractivity contribution in [1.29, 1.82) is 31.6 Å². The minimum Gasteiger partial charge on any atom is -0.206 e. The van der Waals surface area contributed by atoms with E-state index in [1.54, 1.807) is 0 Å². The molecule has 0 aromatic heterocycles. The fraction of sp³-hybridized carbons (Fsp3) is 0.0909. The number of nitrogens with zero attached hydrogens (tertiary/aromatic N) is 6. The number of nitriles is 6. The highest BCUT2D eigenvalue weighted by molar-refractivity contribution is 5.81. The standard InChI is InChI=1S/C22H3F7N6/c23-19-3-12(14(7-33)15(8-34)20(19)11(4-30)5-31)13(6-32)10-1-17(21(24,25)26)16(9-35)18(2-10)22(27,28)29/h1-3H/b13-12-. The van der Waals surface area contributed by atoms with Crippen LogP contribution in [0.15, 0.2) is 18.2 Å². The summed E-state index contributed by atoms with van der Waals surface area (Å²) in [6, 6.07) is 7.89. The molecule has 2 rings (SSSR count). The Morgan fingerprint density at radius 2 is 1.09 bits per heavy atom. The Balaban J connectivity index is 3.33. The maximum atomic E-state index is 14.8. The van der Waals surface area contributed by atoms with Gasteiger partial charge in [-0.3, -0.25) is 0 Å². The van der Waals surface area contributed by atoms with E-state index in [0.29, 0.717) is 6.07 Å². The van der Waals surface area contributed by atoms with Gasteiger partial charge in [-0.25, -0.2) is 4.39 Å². The van der Waals surface area contributed by atoms with Crippen molar-refractivity contribution in [2.24, 2.45) is 0 Å². The third-order valence-electron chi connectivity index (χ3n) is 4.51. The van der Waals surface area contributed by atoms with E-state index in [2.05, 4.69) is 0 Å². The Hall–Kier alpha value is -5.37. The largest absolute Gasteiger partial charge is 0.417 e. The Kier molecular flexibility index (Phi) is 6.84. The number of halogens is 7. The Bertz CT molecular complexity index is 1590. The molecule has 0 bridgehead atoms. The molecule has 0 aliphatic rings. The van der Waals surface area contributed by atoms with Crippen molar-refractivity contribution in [1.82, 2.24) is 0 Å². The highest BCUT2D eigenvalue weighted by Gasteiger charge is 2.42. The van der Waals surface area contributed by atoms with Crippen LogP contribution in [-0.4, -0.2) is 0 Å². The number of rotatable bonds is 1. The summed E-state index contributed by atoms with van der Waals surface area (Å²) in [5.41, 5.74) is -10.8. The van der Waals surface area contributed by atoms with Crippen LogP contribution >= 0.6 is 0 Å². The molecule has 2 aromatic carbocycles. The van der Waals surface area contributed by atoms with Crippen LogP contribution in [0.5, 0.6) is 0 Å². The predicted octanol–water partition coefficient (Wildman–Crippen LogP) is 3.40. The summed E-state index contributed by atoms with van der Waals surface area (Å²) < 4.78 is 95.6. The third kappa shape index (κ3) is 4.57. The molecule has 0 amide bonds. The number of alkyl halides is 6. The first kappa shape index (κ1) is 25.9. The van der Waals surface area contributed by atoms with Gasteiger partial charge in [-0.05, 0) is 23.8 Å². The van der Waals surface area contributed by atoms with E-state index in [4.69, 9.17) is 15.8 Å². The lowest BCUT2D eigenvalue weighted by Gasteiger charge is -2.17. The van der Waals surface area contributed by atoms with Crippen LogP contribution in [0.1, 0.15) is 33.4 Å². The molecule has 0 spiro atoms. The molecular formula is C22H3F7N6. The number of hydrogen-bond donors (Lipinski definition) is 0. The molecular weight excluding hydrogens is 481 g/mol. The van der Waals surface area contributed by atoms with E-state index in [1.807, 2.05) is 0 Å². The second-order valence-electron chi connectivity index (χ2n) is 6.39. The van der Waals surface area contributed by atoms with Crippen molar-refractivity contribution in [3.05, 3.63) is 67.8 Å². The topological polar surface area (TPSA) is 143 Å². The Labute approximate surface area is 190 Å². The molecule has 0 aliphatic carbocycles. The summed E-state index contributed by atoms with van der Waals surface area (Å²) >= 11 is 0. The molecule has 2 aromatic rings. The fourth-order valence-electron chi connectivity index (χ4n) is 3.09. The zero-order chi connectivity index (χ0) is 26.7. The second kappa shape index (κ2) is 9.24. The van der Waals surface area contributed by atoms with Gasteiger partial charge in [0.2, 0.25) is 0 Å². The van der Waals surface area contributed by atoms with Crippen molar-refractivity contribution >= 4 is 11.1 Å². The summed E-state index contributed by atoms with van der Waals surface area (Å²) in [6.07, 6.45) is -11.0. The minimum absolute atomic E-state index is 0.0491. The smallest absolute Gasteiger partial charge is 0.206 e. The van der Waals surface area contributed by atoms with Gasteiger partial charge in [-0.15, -0.1) is 0 Å². The van der Waals surface area contributed by atoms with Gasteiger partial charge in [-0.2, -0.15) is 57.9 Å². The van der Waals surface area contributed by atoms with Crippen LogP contribution < -0.4 is 10.4 Å². The van der Waals surface area contributed by atoms with E-state index >= 15 is 0 Å². The molecule has 0 fully saturated rings. The molecule has 0 unspecified atom stereocenters. The van der Waals surface area contributed by atoms with Gasteiger partial charge in [0.05, 0.1) is 38.6 Å². The van der Waals surface area contributed by atoms with Crippen molar-refractivity contribution < 1.29 is 30.7 Å². The maximum Gasteiger partial charge on any atom is 0.417 e. The van der Waals surface area contributed by atoms with E-state index in [9.17, 15) is 46.5 Å². The molecule has 0 aliphatic heterocycles. The molecule has 0 radical (unpaired) electrons. The average molecular weight is 484 g/mol. The molecule has 0 heterocycles. The SMILES string of the molecule is N#CC(C#N)=c1c(F)c/c(=C(\C#N)c2cc(C(F)(F)F)c(C#N)c(C(F)(F)F)c2)c(C#N)c1C#N. The molecule has 6 nitrogen and oxygen atoms in total. The van der Waals surface area contributed by atoms with Crippen LogP contribution in [0.3, 0.4) is 0 Å². The van der Waals surface area contributed by atoms with Crippen molar-refractivity contribution in [2.45, 2.75) is 12.4 Å². The highest BCUT2D eigenvalue weighted by atomic mass is 19.4. The Morgan fingerprint density at radius 3 is 1.43 bits per heavy atom. The van der Waals surface area contributed by atoms with Crippen LogP contribution in [0.2, 0.25) is 0 Å². The van der Waals surface area contributed by atoms with Gasteiger partial charge in [0.1, 0.15) is 47.8 Å². The van der Waals surface area contributed by atoms with E-state index in [-0.39, 0.29) is 12.1 Å². The Morgan fingerprint density at radius 1 is 0.629 bits per heavy atom. The van der Waals surface area contributed by atoms with Crippen LogP contribution in [0, 0.1) is 73.8 Å². The quantitative estimate of drug-likeness (QED) is 0.568. The monoisotopic (exact) mass is 484 g/mol. The first-order valence-electron chi connectivity index (χ1n) is 8.65. The highest BCUT2D eigenvalue weighted by Crippen LogP contribution is 2.40. The van der Waals surface area contributed by atoms with E-state index < -0.39 is 73.1 Å². The molecule has 0 atom stereocenters. The molecule has 0 saturated heterocycles. The molecule has 13 heteroatoms. The lowest BCUT2D eigenvalue weighted by molar-refractivity contribution is -0.143. The zero-order valence-corrected chi connectivity index (χ0v) is 16.6. The average Bonchev–Trinajstić information content (AvgIpc) is 2.79. The second-order valence-corrected chi connectivity index (χ2v) is 6.39. The van der Waals surface area contributed by atoms with Gasteiger partial charge in [0.25, 0.3) is 0 Å². The van der Waals surface area contributed by atoms with Gasteiger partial charge in [0.15, 0.2) is 0 Å². The number of benzene rings is 2. The van der Waals surface area contributed by atoms with Crippen molar-refractivity contribution in [3.63, 3.8) is 0 Å². The minimum atomic E-state index is -5.48. The number of hydrogen-bond acceptors (Lipinski definition) is 6. The summed E-state index contributed by atoms with van der Waals surface area (Å²) in [7, 11) is 0. The van der Waals surface area contributed by atoms with E-state index in [0.717, 1.165) is 6.07 Å². The van der Waals surface area contributed by atoms with Crippen molar-refractivity contribution in [3.8, 4) is 36.4 Å². The van der Waals surface area contributed by atoms with Gasteiger partial charge in [-0.1, -0.05) is 0 Å². The third-order valence-corrected chi connectivity index (χ3v) is 4.51. The fourth-order valence-corrected chi connectivity index (χ4v) is 3.09. The normalized spacial score (nSPS) is 11.6. The van der Waals surface area contributed by atoms with Gasteiger partial charge >= 0.3 is 12.4 Å². The van der Waals surface area contributed by atoms with Crippen LogP contribution in [-0.2, 0) is 12.4 Å².